The average molecular weight is 477 g/mol. The van der Waals surface area contributed by atoms with Crippen LogP contribution in [0.25, 0.3) is 11.0 Å². The van der Waals surface area contributed by atoms with Gasteiger partial charge in [-0.2, -0.15) is 0 Å². The van der Waals surface area contributed by atoms with E-state index in [1.54, 1.807) is 25.2 Å². The summed E-state index contributed by atoms with van der Waals surface area (Å²) in [4.78, 5) is 36.4. The lowest BCUT2D eigenvalue weighted by atomic mass is 10.0. The maximum atomic E-state index is 12.8. The summed E-state index contributed by atoms with van der Waals surface area (Å²) >= 11 is 0. The predicted octanol–water partition coefficient (Wildman–Crippen LogP) is 1.89. The SMILES string of the molecule is C#Cc1c(OC)c(=O)n(C)c2cnc(Nc3ccc(C(=O)NC4CCN(C)CC4)cc3OC)nc12. The minimum atomic E-state index is -0.368. The molecule has 2 N–H and O–H groups in total. The number of amides is 1. The second-order valence-corrected chi connectivity index (χ2v) is 8.44. The summed E-state index contributed by atoms with van der Waals surface area (Å²) in [5.41, 5.74) is 1.83. The third-order valence-electron chi connectivity index (χ3n) is 6.21. The van der Waals surface area contributed by atoms with Gasteiger partial charge in [0.25, 0.3) is 11.5 Å². The molecule has 0 atom stereocenters. The quantitative estimate of drug-likeness (QED) is 0.519. The molecule has 3 heterocycles. The van der Waals surface area contributed by atoms with Crippen molar-refractivity contribution in [2.75, 3.05) is 39.7 Å². The number of hydrogen-bond donors (Lipinski definition) is 2. The van der Waals surface area contributed by atoms with Crippen LogP contribution in [0.1, 0.15) is 28.8 Å². The van der Waals surface area contributed by atoms with Gasteiger partial charge in [0.1, 0.15) is 16.8 Å². The lowest BCUT2D eigenvalue weighted by molar-refractivity contribution is 0.0916. The Balaban J connectivity index is 1.61. The number of carbonyl (C=O) groups is 1. The number of hydrogen-bond acceptors (Lipinski definition) is 8. The number of ether oxygens (including phenoxy) is 2. The molecular formula is C25H28N6O4. The number of piperidine rings is 1. The maximum absolute atomic E-state index is 12.8. The van der Waals surface area contributed by atoms with Crippen molar-refractivity contribution in [2.24, 2.45) is 7.05 Å². The van der Waals surface area contributed by atoms with Crippen LogP contribution in [-0.4, -0.2) is 65.7 Å². The molecule has 0 radical (unpaired) electrons. The molecule has 1 amide bonds. The molecule has 4 rings (SSSR count). The Labute approximate surface area is 203 Å². The van der Waals surface area contributed by atoms with Crippen molar-refractivity contribution < 1.29 is 14.3 Å². The number of aromatic nitrogens is 3. The van der Waals surface area contributed by atoms with Crippen LogP contribution in [0, 0.1) is 12.3 Å². The summed E-state index contributed by atoms with van der Waals surface area (Å²) in [7, 11) is 6.59. The first-order valence-corrected chi connectivity index (χ1v) is 11.2. The highest BCUT2D eigenvalue weighted by Gasteiger charge is 2.21. The molecule has 0 spiro atoms. The van der Waals surface area contributed by atoms with Crippen molar-refractivity contribution in [3.63, 3.8) is 0 Å². The minimum absolute atomic E-state index is 0.0460. The lowest BCUT2D eigenvalue weighted by Crippen LogP contribution is -2.43. The highest BCUT2D eigenvalue weighted by molar-refractivity contribution is 5.95. The van der Waals surface area contributed by atoms with Crippen LogP contribution < -0.4 is 25.7 Å². The predicted molar refractivity (Wildman–Crippen MR) is 134 cm³/mol. The van der Waals surface area contributed by atoms with Crippen LogP contribution in [0.4, 0.5) is 11.6 Å². The van der Waals surface area contributed by atoms with E-state index < -0.39 is 0 Å². The fraction of sp³-hybridized carbons (Fsp3) is 0.360. The van der Waals surface area contributed by atoms with Gasteiger partial charge in [-0.05, 0) is 51.2 Å². The van der Waals surface area contributed by atoms with Crippen LogP contribution in [0.2, 0.25) is 0 Å². The molecule has 0 aliphatic carbocycles. The third-order valence-corrected chi connectivity index (χ3v) is 6.21. The topological polar surface area (TPSA) is 111 Å². The van der Waals surface area contributed by atoms with Crippen LogP contribution in [0.5, 0.6) is 11.5 Å². The summed E-state index contributed by atoms with van der Waals surface area (Å²) in [5.74, 6) is 3.11. The van der Waals surface area contributed by atoms with E-state index in [0.717, 1.165) is 25.9 Å². The monoisotopic (exact) mass is 476 g/mol. The van der Waals surface area contributed by atoms with Gasteiger partial charge in [-0.25, -0.2) is 9.97 Å². The van der Waals surface area contributed by atoms with Crippen molar-refractivity contribution in [3.8, 4) is 23.8 Å². The second kappa shape index (κ2) is 10.0. The zero-order valence-corrected chi connectivity index (χ0v) is 20.2. The molecule has 0 bridgehead atoms. The Morgan fingerprint density at radius 1 is 1.20 bits per heavy atom. The summed E-state index contributed by atoms with van der Waals surface area (Å²) in [6.45, 7) is 1.93. The fourth-order valence-corrected chi connectivity index (χ4v) is 4.14. The van der Waals surface area contributed by atoms with Gasteiger partial charge in [-0.1, -0.05) is 5.92 Å². The molecule has 1 saturated heterocycles. The maximum Gasteiger partial charge on any atom is 0.294 e. The van der Waals surface area contributed by atoms with Crippen LogP contribution in [0.15, 0.2) is 29.2 Å². The number of likely N-dealkylation sites (tertiary alicyclic amines) is 1. The first-order chi connectivity index (χ1) is 16.9. The Morgan fingerprint density at radius 2 is 1.94 bits per heavy atom. The van der Waals surface area contributed by atoms with E-state index in [0.29, 0.717) is 28.0 Å². The smallest absolute Gasteiger partial charge is 0.294 e. The van der Waals surface area contributed by atoms with Crippen molar-refractivity contribution in [1.82, 2.24) is 24.8 Å². The molecular weight excluding hydrogens is 448 g/mol. The molecule has 10 heteroatoms. The van der Waals surface area contributed by atoms with Crippen molar-refractivity contribution >= 4 is 28.6 Å². The Morgan fingerprint density at radius 3 is 2.60 bits per heavy atom. The van der Waals surface area contributed by atoms with Crippen molar-refractivity contribution in [3.05, 3.63) is 45.9 Å². The molecule has 35 heavy (non-hydrogen) atoms. The molecule has 1 aliphatic heterocycles. The highest BCUT2D eigenvalue weighted by Crippen LogP contribution is 2.29. The van der Waals surface area contributed by atoms with E-state index in [1.165, 1.54) is 25.0 Å². The third kappa shape index (κ3) is 4.76. The van der Waals surface area contributed by atoms with E-state index >= 15 is 0 Å². The molecule has 1 fully saturated rings. The number of anilines is 2. The number of carbonyl (C=O) groups excluding carboxylic acids is 1. The molecule has 0 saturated carbocycles. The standard InChI is InChI=1S/C25H28N6O4/c1-6-17-21-19(31(3)24(33)22(17)35-5)14-26-25(29-21)28-18-8-7-15(13-20(18)34-4)23(32)27-16-9-11-30(2)12-10-16/h1,7-8,13-14,16H,9-12H2,2-5H3,(H,27,32)(H,26,28,29). The van der Waals surface area contributed by atoms with Gasteiger partial charge in [-0.15, -0.1) is 6.42 Å². The van der Waals surface area contributed by atoms with Crippen LogP contribution >= 0.6 is 0 Å². The number of rotatable bonds is 6. The van der Waals surface area contributed by atoms with Gasteiger partial charge < -0.3 is 29.6 Å². The second-order valence-electron chi connectivity index (χ2n) is 8.44. The Kier molecular flexibility index (Phi) is 6.89. The zero-order valence-electron chi connectivity index (χ0n) is 20.2. The minimum Gasteiger partial charge on any atom is -0.495 e. The number of pyridine rings is 1. The van der Waals surface area contributed by atoms with Crippen LogP contribution in [0.3, 0.4) is 0 Å². The summed E-state index contributed by atoms with van der Waals surface area (Å²) in [6.07, 6.45) is 9.03. The normalized spacial score (nSPS) is 14.4. The number of terminal acetylenes is 1. The van der Waals surface area contributed by atoms with Gasteiger partial charge in [0.15, 0.2) is 0 Å². The number of aryl methyl sites for hydroxylation is 1. The van der Waals surface area contributed by atoms with E-state index in [1.807, 2.05) is 0 Å². The van der Waals surface area contributed by atoms with Gasteiger partial charge in [0, 0.05) is 18.7 Å². The molecule has 1 aliphatic rings. The lowest BCUT2D eigenvalue weighted by Gasteiger charge is -2.29. The van der Waals surface area contributed by atoms with Crippen LogP contribution in [-0.2, 0) is 7.05 Å². The van der Waals surface area contributed by atoms with Gasteiger partial charge in [-0.3, -0.25) is 9.59 Å². The summed E-state index contributed by atoms with van der Waals surface area (Å²) < 4.78 is 12.1. The van der Waals surface area contributed by atoms with Gasteiger partial charge in [0.05, 0.1) is 31.6 Å². The Bertz CT molecular complexity index is 1370. The molecule has 10 nitrogen and oxygen atoms in total. The fourth-order valence-electron chi connectivity index (χ4n) is 4.14. The molecule has 0 unspecified atom stereocenters. The number of benzene rings is 1. The van der Waals surface area contributed by atoms with Crippen molar-refractivity contribution in [1.29, 1.82) is 0 Å². The molecule has 3 aromatic rings. The summed E-state index contributed by atoms with van der Waals surface area (Å²) in [6, 6.07) is 5.29. The largest absolute Gasteiger partial charge is 0.495 e. The Hall–Kier alpha value is -4.10. The highest BCUT2D eigenvalue weighted by atomic mass is 16.5. The molecule has 182 valence electrons. The number of nitrogens with zero attached hydrogens (tertiary/aromatic N) is 4. The van der Waals surface area contributed by atoms with Crippen molar-refractivity contribution in [2.45, 2.75) is 18.9 Å². The van der Waals surface area contributed by atoms with E-state index in [4.69, 9.17) is 15.9 Å². The first kappa shape index (κ1) is 24.0. The van der Waals surface area contributed by atoms with Gasteiger partial charge >= 0.3 is 0 Å². The number of nitrogens with one attached hydrogen (secondary N) is 2. The number of fused-ring (bicyclic) bond motifs is 1. The zero-order chi connectivity index (χ0) is 25.1. The molecule has 2 aromatic heterocycles. The molecule has 1 aromatic carbocycles. The van der Waals surface area contributed by atoms with E-state index in [2.05, 4.69) is 38.5 Å². The van der Waals surface area contributed by atoms with Gasteiger partial charge in [0.2, 0.25) is 11.7 Å². The van der Waals surface area contributed by atoms with E-state index in [-0.39, 0.29) is 34.8 Å². The summed E-state index contributed by atoms with van der Waals surface area (Å²) in [5, 5.41) is 6.21. The average Bonchev–Trinajstić information content (AvgIpc) is 2.87. The number of methoxy groups -OCH3 is 2. The first-order valence-electron chi connectivity index (χ1n) is 11.2. The van der Waals surface area contributed by atoms with E-state index in [9.17, 15) is 9.59 Å².